The summed E-state index contributed by atoms with van der Waals surface area (Å²) in [6, 6.07) is 9.66. The zero-order chi connectivity index (χ0) is 20.2. The largest absolute Gasteiger partial charge is 0.496 e. The van der Waals surface area contributed by atoms with Gasteiger partial charge in [0.15, 0.2) is 0 Å². The van der Waals surface area contributed by atoms with Crippen LogP contribution in [0.25, 0.3) is 10.7 Å². The van der Waals surface area contributed by atoms with Crippen molar-refractivity contribution in [2.75, 3.05) is 39.5 Å². The lowest BCUT2D eigenvalue weighted by atomic mass is 10.1. The molecule has 1 amide bonds. The highest BCUT2D eigenvalue weighted by molar-refractivity contribution is 7.98. The van der Waals surface area contributed by atoms with Crippen LogP contribution in [0.3, 0.4) is 0 Å². The standard InChI is InChI=1S/C20H22N4O3S2/c1-26-16-12-14(28-2)5-6-15(16)20(25)24-9-7-23(8-10-24)13-18-21-19(22-27-18)17-4-3-11-29-17/h3-6,11-12H,7-10,13H2,1-2H3. The number of carbonyl (C=O) groups is 1. The lowest BCUT2D eigenvalue weighted by molar-refractivity contribution is 0.0612. The second kappa shape index (κ2) is 8.98. The molecule has 7 nitrogen and oxygen atoms in total. The van der Waals surface area contributed by atoms with Crippen LogP contribution in [0, 0.1) is 0 Å². The van der Waals surface area contributed by atoms with Crippen LogP contribution < -0.4 is 4.74 Å². The highest BCUT2D eigenvalue weighted by Crippen LogP contribution is 2.27. The number of hydrogen-bond donors (Lipinski definition) is 0. The van der Waals surface area contributed by atoms with Crippen LogP contribution in [0.15, 0.2) is 45.1 Å². The van der Waals surface area contributed by atoms with Crippen molar-refractivity contribution in [2.45, 2.75) is 11.4 Å². The quantitative estimate of drug-likeness (QED) is 0.554. The molecule has 1 saturated heterocycles. The average Bonchev–Trinajstić information content (AvgIpc) is 3.45. The Hall–Kier alpha value is -2.36. The average molecular weight is 431 g/mol. The van der Waals surface area contributed by atoms with Crippen LogP contribution >= 0.6 is 23.1 Å². The van der Waals surface area contributed by atoms with Crippen molar-refractivity contribution in [3.8, 4) is 16.5 Å². The van der Waals surface area contributed by atoms with Crippen molar-refractivity contribution in [1.29, 1.82) is 0 Å². The molecule has 1 aliphatic heterocycles. The number of nitrogens with zero attached hydrogens (tertiary/aromatic N) is 4. The van der Waals surface area contributed by atoms with Gasteiger partial charge in [0, 0.05) is 31.1 Å². The van der Waals surface area contributed by atoms with E-state index in [1.165, 1.54) is 0 Å². The number of ether oxygens (including phenoxy) is 1. The van der Waals surface area contributed by atoms with Crippen molar-refractivity contribution in [3.63, 3.8) is 0 Å². The highest BCUT2D eigenvalue weighted by Gasteiger charge is 2.25. The third-order valence-electron chi connectivity index (χ3n) is 4.87. The summed E-state index contributed by atoms with van der Waals surface area (Å²) in [4.78, 5) is 23.6. The van der Waals surface area contributed by atoms with Gasteiger partial charge in [-0.25, -0.2) is 0 Å². The van der Waals surface area contributed by atoms with E-state index in [1.54, 1.807) is 30.2 Å². The van der Waals surface area contributed by atoms with Gasteiger partial charge in [0.2, 0.25) is 11.7 Å². The van der Waals surface area contributed by atoms with Crippen molar-refractivity contribution >= 4 is 29.0 Å². The molecule has 0 N–H and O–H groups in total. The first-order valence-corrected chi connectivity index (χ1v) is 11.4. The zero-order valence-corrected chi connectivity index (χ0v) is 18.0. The SMILES string of the molecule is COc1cc(SC)ccc1C(=O)N1CCN(Cc2nc(-c3cccs3)no2)CC1. The number of rotatable bonds is 6. The molecular weight excluding hydrogens is 408 g/mol. The topological polar surface area (TPSA) is 71.7 Å². The molecule has 0 unspecified atom stereocenters. The van der Waals surface area contributed by atoms with Crippen molar-refractivity contribution in [3.05, 3.63) is 47.2 Å². The van der Waals surface area contributed by atoms with E-state index in [2.05, 4.69) is 15.0 Å². The number of amides is 1. The van der Waals surface area contributed by atoms with Crippen LogP contribution in [0.4, 0.5) is 0 Å². The third kappa shape index (κ3) is 4.47. The minimum atomic E-state index is 0.00641. The van der Waals surface area contributed by atoms with Gasteiger partial charge in [-0.1, -0.05) is 11.2 Å². The number of carbonyl (C=O) groups excluding carboxylic acids is 1. The summed E-state index contributed by atoms with van der Waals surface area (Å²) in [5, 5.41) is 6.05. The Labute approximate surface area is 177 Å². The summed E-state index contributed by atoms with van der Waals surface area (Å²) in [5.74, 6) is 1.86. The fourth-order valence-electron chi connectivity index (χ4n) is 3.27. The molecule has 29 heavy (non-hydrogen) atoms. The Morgan fingerprint density at radius 3 is 2.79 bits per heavy atom. The molecule has 152 valence electrons. The molecule has 1 aliphatic rings. The Morgan fingerprint density at radius 2 is 2.10 bits per heavy atom. The Morgan fingerprint density at radius 1 is 1.28 bits per heavy atom. The fraction of sp³-hybridized carbons (Fsp3) is 0.350. The molecule has 0 saturated carbocycles. The van der Waals surface area contributed by atoms with Crippen LogP contribution in [-0.2, 0) is 6.54 Å². The fourth-order valence-corrected chi connectivity index (χ4v) is 4.35. The summed E-state index contributed by atoms with van der Waals surface area (Å²) in [5.41, 5.74) is 0.608. The van der Waals surface area contributed by atoms with E-state index < -0.39 is 0 Å². The second-order valence-corrected chi connectivity index (χ2v) is 8.45. The van der Waals surface area contributed by atoms with Gasteiger partial charge in [0.1, 0.15) is 5.75 Å². The molecule has 3 heterocycles. The van der Waals surface area contributed by atoms with Crippen molar-refractivity contribution in [1.82, 2.24) is 19.9 Å². The lowest BCUT2D eigenvalue weighted by Gasteiger charge is -2.34. The number of methoxy groups -OCH3 is 1. The van der Waals surface area contributed by atoms with Crippen LogP contribution in [-0.4, -0.2) is 65.4 Å². The van der Waals surface area contributed by atoms with E-state index in [-0.39, 0.29) is 5.91 Å². The van der Waals surface area contributed by atoms with Gasteiger partial charge in [-0.2, -0.15) is 4.98 Å². The molecule has 0 aliphatic carbocycles. The number of hydrogen-bond acceptors (Lipinski definition) is 8. The van der Waals surface area contributed by atoms with Gasteiger partial charge in [-0.3, -0.25) is 9.69 Å². The molecule has 0 atom stereocenters. The van der Waals surface area contributed by atoms with Gasteiger partial charge < -0.3 is 14.2 Å². The first kappa shape index (κ1) is 19.9. The van der Waals surface area contributed by atoms with E-state index in [0.717, 1.165) is 22.9 Å². The van der Waals surface area contributed by atoms with Gasteiger partial charge >= 0.3 is 0 Å². The van der Waals surface area contributed by atoms with Gasteiger partial charge in [0.05, 0.1) is 24.1 Å². The smallest absolute Gasteiger partial charge is 0.257 e. The summed E-state index contributed by atoms with van der Waals surface area (Å²) < 4.78 is 10.8. The van der Waals surface area contributed by atoms with E-state index in [1.807, 2.05) is 46.9 Å². The summed E-state index contributed by atoms with van der Waals surface area (Å²) in [6.45, 7) is 3.41. The van der Waals surface area contributed by atoms with Crippen LogP contribution in [0.5, 0.6) is 5.75 Å². The molecule has 4 rings (SSSR count). The monoisotopic (exact) mass is 430 g/mol. The molecule has 9 heteroatoms. The number of piperazine rings is 1. The first-order chi connectivity index (χ1) is 14.2. The van der Waals surface area contributed by atoms with Crippen molar-refractivity contribution in [2.24, 2.45) is 0 Å². The first-order valence-electron chi connectivity index (χ1n) is 9.28. The van der Waals surface area contributed by atoms with Crippen molar-refractivity contribution < 1.29 is 14.1 Å². The molecule has 0 bridgehead atoms. The number of aromatic nitrogens is 2. The second-order valence-electron chi connectivity index (χ2n) is 6.62. The predicted molar refractivity (Wildman–Crippen MR) is 114 cm³/mol. The van der Waals surface area contributed by atoms with E-state index in [4.69, 9.17) is 9.26 Å². The lowest BCUT2D eigenvalue weighted by Crippen LogP contribution is -2.48. The van der Waals surface area contributed by atoms with E-state index >= 15 is 0 Å². The maximum atomic E-state index is 13.0. The predicted octanol–water partition coefficient (Wildman–Crippen LogP) is 3.49. The molecule has 1 fully saturated rings. The summed E-state index contributed by atoms with van der Waals surface area (Å²) in [7, 11) is 1.60. The maximum absolute atomic E-state index is 13.0. The minimum absolute atomic E-state index is 0.00641. The zero-order valence-electron chi connectivity index (χ0n) is 16.3. The summed E-state index contributed by atoms with van der Waals surface area (Å²) >= 11 is 3.21. The third-order valence-corrected chi connectivity index (χ3v) is 6.46. The molecule has 3 aromatic rings. The van der Waals surface area contributed by atoms with Gasteiger partial charge in [-0.05, 0) is 35.9 Å². The molecule has 1 aromatic carbocycles. The molecule has 2 aromatic heterocycles. The van der Waals surface area contributed by atoms with Gasteiger partial charge in [-0.15, -0.1) is 23.1 Å². The van der Waals surface area contributed by atoms with E-state index in [9.17, 15) is 4.79 Å². The molecule has 0 radical (unpaired) electrons. The maximum Gasteiger partial charge on any atom is 0.257 e. The number of thioether (sulfide) groups is 1. The molecule has 0 spiro atoms. The Bertz CT molecular complexity index is 966. The highest BCUT2D eigenvalue weighted by atomic mass is 32.2. The van der Waals surface area contributed by atoms with Crippen LogP contribution in [0.2, 0.25) is 0 Å². The minimum Gasteiger partial charge on any atom is -0.496 e. The summed E-state index contributed by atoms with van der Waals surface area (Å²) in [6.07, 6.45) is 2.00. The molecular formula is C20H22N4O3S2. The number of benzene rings is 1. The Balaban J connectivity index is 1.35. The van der Waals surface area contributed by atoms with E-state index in [0.29, 0.717) is 42.7 Å². The Kier molecular flexibility index (Phi) is 6.17. The van der Waals surface area contributed by atoms with Gasteiger partial charge in [0.25, 0.3) is 5.91 Å². The normalized spacial score (nSPS) is 14.9. The van der Waals surface area contributed by atoms with Crippen LogP contribution in [0.1, 0.15) is 16.2 Å². The number of thiophene rings is 1.